The number of hydrogen-bond acceptors (Lipinski definition) is 8. The number of carbonyl (C=O) groups excluding carboxylic acids is 1. The van der Waals surface area contributed by atoms with E-state index in [0.29, 0.717) is 29.7 Å². The SMILES string of the molecule is Cc1cccc(-c2nccc(Nc3ccnc(Cc4cccc(N(C)C(=O)C5CCNCC5)c4)n3)n2)n1. The Balaban J connectivity index is 1.28. The second kappa shape index (κ2) is 11.2. The fraction of sp³-hybridized carbons (Fsp3) is 0.286. The second-order valence-electron chi connectivity index (χ2n) is 9.18. The predicted molar refractivity (Wildman–Crippen MR) is 144 cm³/mol. The number of pyridine rings is 1. The van der Waals surface area contributed by atoms with Crippen molar-refractivity contribution in [1.29, 1.82) is 0 Å². The van der Waals surface area contributed by atoms with Crippen LogP contribution in [0.1, 0.15) is 29.9 Å². The van der Waals surface area contributed by atoms with Crippen LogP contribution in [0.2, 0.25) is 0 Å². The number of aryl methyl sites for hydroxylation is 1. The first-order valence-electron chi connectivity index (χ1n) is 12.5. The fourth-order valence-electron chi connectivity index (χ4n) is 4.43. The van der Waals surface area contributed by atoms with Crippen LogP contribution in [0, 0.1) is 12.8 Å². The van der Waals surface area contributed by atoms with Crippen molar-refractivity contribution < 1.29 is 4.79 Å². The molecule has 4 heterocycles. The van der Waals surface area contributed by atoms with Gasteiger partial charge in [-0.05, 0) is 74.8 Å². The van der Waals surface area contributed by atoms with Gasteiger partial charge in [-0.3, -0.25) is 4.79 Å². The molecule has 4 aromatic rings. The quantitative estimate of drug-likeness (QED) is 0.398. The van der Waals surface area contributed by atoms with Gasteiger partial charge in [0.15, 0.2) is 5.82 Å². The van der Waals surface area contributed by atoms with Gasteiger partial charge in [0.2, 0.25) is 5.91 Å². The summed E-state index contributed by atoms with van der Waals surface area (Å²) in [5, 5.41) is 6.56. The Hall–Kier alpha value is -4.24. The lowest BCUT2D eigenvalue weighted by Crippen LogP contribution is -2.39. The molecule has 5 rings (SSSR count). The van der Waals surface area contributed by atoms with Gasteiger partial charge in [-0.1, -0.05) is 18.2 Å². The molecule has 9 heteroatoms. The zero-order valence-electron chi connectivity index (χ0n) is 21.1. The van der Waals surface area contributed by atoms with Gasteiger partial charge in [0.05, 0.1) is 0 Å². The van der Waals surface area contributed by atoms with Gasteiger partial charge in [-0.15, -0.1) is 0 Å². The summed E-state index contributed by atoms with van der Waals surface area (Å²) >= 11 is 0. The molecular formula is C28H30N8O. The topological polar surface area (TPSA) is 109 Å². The van der Waals surface area contributed by atoms with Crippen molar-refractivity contribution in [3.05, 3.63) is 84.1 Å². The molecule has 1 aliphatic rings. The van der Waals surface area contributed by atoms with E-state index < -0.39 is 0 Å². The highest BCUT2D eigenvalue weighted by Gasteiger charge is 2.24. The normalized spacial score (nSPS) is 13.8. The number of aromatic nitrogens is 5. The van der Waals surface area contributed by atoms with Gasteiger partial charge in [-0.2, -0.15) is 0 Å². The van der Waals surface area contributed by atoms with Gasteiger partial charge in [0.1, 0.15) is 23.2 Å². The van der Waals surface area contributed by atoms with E-state index >= 15 is 0 Å². The summed E-state index contributed by atoms with van der Waals surface area (Å²) in [6.45, 7) is 3.73. The summed E-state index contributed by atoms with van der Waals surface area (Å²) in [7, 11) is 1.85. The third kappa shape index (κ3) is 6.13. The van der Waals surface area contributed by atoms with Gasteiger partial charge in [0, 0.05) is 43.2 Å². The average Bonchev–Trinajstić information content (AvgIpc) is 2.93. The van der Waals surface area contributed by atoms with E-state index in [0.717, 1.165) is 48.6 Å². The molecule has 1 aliphatic heterocycles. The molecule has 3 aromatic heterocycles. The molecule has 0 radical (unpaired) electrons. The summed E-state index contributed by atoms with van der Waals surface area (Å²) in [5.74, 6) is 2.72. The largest absolute Gasteiger partial charge is 0.325 e. The highest BCUT2D eigenvalue weighted by Crippen LogP contribution is 2.22. The van der Waals surface area contributed by atoms with E-state index in [1.807, 2.05) is 56.4 Å². The van der Waals surface area contributed by atoms with Crippen LogP contribution in [0.15, 0.2) is 67.0 Å². The van der Waals surface area contributed by atoms with Crippen LogP contribution in [0.3, 0.4) is 0 Å². The molecule has 0 saturated carbocycles. The first-order valence-corrected chi connectivity index (χ1v) is 12.5. The van der Waals surface area contributed by atoms with Crippen LogP contribution < -0.4 is 15.5 Å². The lowest BCUT2D eigenvalue weighted by atomic mass is 9.96. The molecule has 1 aromatic carbocycles. The standard InChI is InChI=1S/C28H30N8O/c1-19-5-3-8-23(32-19)27-31-16-12-25(35-27)33-24-11-15-30-26(34-24)18-20-6-4-7-22(17-20)36(2)28(37)21-9-13-29-14-10-21/h3-8,11-12,15-17,21,29H,9-10,13-14,18H2,1-2H3,(H,30,31,33,34,35). The molecule has 37 heavy (non-hydrogen) atoms. The third-order valence-electron chi connectivity index (χ3n) is 6.41. The molecule has 1 amide bonds. The highest BCUT2D eigenvalue weighted by molar-refractivity contribution is 5.94. The Morgan fingerprint density at radius 3 is 2.54 bits per heavy atom. The maximum Gasteiger partial charge on any atom is 0.229 e. The molecule has 0 atom stereocenters. The first kappa shape index (κ1) is 24.5. The molecule has 0 bridgehead atoms. The maximum atomic E-state index is 13.0. The van der Waals surface area contributed by atoms with Gasteiger partial charge < -0.3 is 15.5 Å². The zero-order valence-corrected chi connectivity index (χ0v) is 21.1. The van der Waals surface area contributed by atoms with Crippen molar-refractivity contribution in [2.24, 2.45) is 5.92 Å². The van der Waals surface area contributed by atoms with Crippen LogP contribution in [0.4, 0.5) is 17.3 Å². The molecule has 2 N–H and O–H groups in total. The number of carbonyl (C=O) groups is 1. The number of rotatable bonds is 7. The molecule has 188 valence electrons. The van der Waals surface area contributed by atoms with Crippen LogP contribution in [0.5, 0.6) is 0 Å². The van der Waals surface area contributed by atoms with Gasteiger partial charge in [0.25, 0.3) is 0 Å². The maximum absolute atomic E-state index is 13.0. The number of amides is 1. The fourth-order valence-corrected chi connectivity index (χ4v) is 4.43. The number of nitrogens with one attached hydrogen (secondary N) is 2. The minimum Gasteiger partial charge on any atom is -0.325 e. The third-order valence-corrected chi connectivity index (χ3v) is 6.41. The molecular weight excluding hydrogens is 464 g/mol. The first-order chi connectivity index (χ1) is 18.0. The monoisotopic (exact) mass is 494 g/mol. The molecule has 9 nitrogen and oxygen atoms in total. The van der Waals surface area contributed by atoms with E-state index in [2.05, 4.69) is 35.6 Å². The highest BCUT2D eigenvalue weighted by atomic mass is 16.2. The minimum atomic E-state index is 0.0741. The van der Waals surface area contributed by atoms with Crippen LogP contribution >= 0.6 is 0 Å². The van der Waals surface area contributed by atoms with E-state index in [1.165, 1.54) is 0 Å². The van der Waals surface area contributed by atoms with E-state index in [1.54, 1.807) is 29.4 Å². The average molecular weight is 495 g/mol. The summed E-state index contributed by atoms with van der Waals surface area (Å²) in [6.07, 6.45) is 5.73. The van der Waals surface area contributed by atoms with Gasteiger partial charge in [-0.25, -0.2) is 24.9 Å². The molecule has 1 saturated heterocycles. The van der Waals surface area contributed by atoms with Crippen molar-refractivity contribution in [2.75, 3.05) is 30.4 Å². The Bertz CT molecular complexity index is 1390. The van der Waals surface area contributed by atoms with Crippen molar-refractivity contribution >= 4 is 23.2 Å². The lowest BCUT2D eigenvalue weighted by molar-refractivity contribution is -0.122. The predicted octanol–water partition coefficient (Wildman–Crippen LogP) is 3.93. The number of benzene rings is 1. The van der Waals surface area contributed by atoms with E-state index in [9.17, 15) is 4.79 Å². The second-order valence-corrected chi connectivity index (χ2v) is 9.18. The zero-order chi connectivity index (χ0) is 25.6. The van der Waals surface area contributed by atoms with Crippen LogP contribution in [0.25, 0.3) is 11.5 Å². The molecule has 1 fully saturated rings. The Labute approximate surface area is 216 Å². The van der Waals surface area contributed by atoms with E-state index in [-0.39, 0.29) is 11.8 Å². The Morgan fingerprint density at radius 1 is 0.973 bits per heavy atom. The van der Waals surface area contributed by atoms with E-state index in [4.69, 9.17) is 0 Å². The lowest BCUT2D eigenvalue weighted by Gasteiger charge is -2.27. The number of anilines is 3. The summed E-state index contributed by atoms with van der Waals surface area (Å²) in [4.78, 5) is 37.3. The van der Waals surface area contributed by atoms with Gasteiger partial charge >= 0.3 is 0 Å². The number of piperidine rings is 1. The molecule has 0 aliphatic carbocycles. The van der Waals surface area contributed by atoms with Crippen LogP contribution in [-0.4, -0.2) is 51.0 Å². The minimum absolute atomic E-state index is 0.0741. The Morgan fingerprint density at radius 2 is 1.73 bits per heavy atom. The van der Waals surface area contributed by atoms with Crippen molar-refractivity contribution in [3.8, 4) is 11.5 Å². The molecule has 0 unspecified atom stereocenters. The van der Waals surface area contributed by atoms with Crippen molar-refractivity contribution in [3.63, 3.8) is 0 Å². The summed E-state index contributed by atoms with van der Waals surface area (Å²) in [5.41, 5.74) is 3.55. The smallest absolute Gasteiger partial charge is 0.229 e. The Kier molecular flexibility index (Phi) is 7.41. The summed E-state index contributed by atoms with van der Waals surface area (Å²) in [6, 6.07) is 17.4. The number of hydrogen-bond donors (Lipinski definition) is 2. The van der Waals surface area contributed by atoms with Crippen molar-refractivity contribution in [1.82, 2.24) is 30.2 Å². The summed E-state index contributed by atoms with van der Waals surface area (Å²) < 4.78 is 0. The van der Waals surface area contributed by atoms with Crippen LogP contribution in [-0.2, 0) is 11.2 Å². The number of nitrogens with zero attached hydrogens (tertiary/aromatic N) is 6. The molecule has 0 spiro atoms. The van der Waals surface area contributed by atoms with Crippen molar-refractivity contribution in [2.45, 2.75) is 26.2 Å².